The molecule has 1 amide bonds. The molecule has 0 radical (unpaired) electrons. The summed E-state index contributed by atoms with van der Waals surface area (Å²) < 4.78 is 0.691. The van der Waals surface area contributed by atoms with E-state index in [1.165, 1.54) is 34.0 Å². The summed E-state index contributed by atoms with van der Waals surface area (Å²) in [5.41, 5.74) is 10.1. The molecule has 2 atom stereocenters. The number of halogens is 1. The number of thioether (sulfide) groups is 1. The van der Waals surface area contributed by atoms with Crippen molar-refractivity contribution in [2.45, 2.75) is 56.0 Å². The second-order valence-electron chi connectivity index (χ2n) is 7.18. The van der Waals surface area contributed by atoms with Crippen LogP contribution in [0.4, 0.5) is 0 Å². The zero-order chi connectivity index (χ0) is 21.8. The number of rotatable bonds is 9. The molecule has 0 spiro atoms. The van der Waals surface area contributed by atoms with Crippen molar-refractivity contribution in [3.05, 3.63) is 44.9 Å². The van der Waals surface area contributed by atoms with Crippen LogP contribution in [0.3, 0.4) is 0 Å². The zero-order valence-electron chi connectivity index (χ0n) is 17.1. The Morgan fingerprint density at radius 3 is 2.83 bits per heavy atom. The molecule has 9 heteroatoms. The minimum Gasteiger partial charge on any atom is -0.476 e. The van der Waals surface area contributed by atoms with Gasteiger partial charge in [-0.05, 0) is 42.0 Å². The Kier molecular flexibility index (Phi) is 7.79. The van der Waals surface area contributed by atoms with E-state index < -0.39 is 5.97 Å². The molecular formula is C21H26ClN3O3S2. The Morgan fingerprint density at radius 1 is 1.43 bits per heavy atom. The highest BCUT2D eigenvalue weighted by Gasteiger charge is 2.36. The van der Waals surface area contributed by atoms with Crippen molar-refractivity contribution in [3.8, 4) is 0 Å². The SMILES string of the molecule is CCc1ccc(Cl)c(CC)c1C(N)[C@H]1CCC(=O)N1CCSc1nc(C(=O)O)cs1. The molecule has 3 N–H and O–H groups in total. The van der Waals surface area contributed by atoms with Crippen molar-refractivity contribution >= 4 is 46.6 Å². The van der Waals surface area contributed by atoms with Gasteiger partial charge in [0.15, 0.2) is 10.0 Å². The van der Waals surface area contributed by atoms with E-state index in [0.717, 1.165) is 35.4 Å². The van der Waals surface area contributed by atoms with Gasteiger partial charge in [-0.1, -0.05) is 43.3 Å². The number of benzene rings is 1. The number of likely N-dealkylation sites (tertiary alicyclic amines) is 1. The maximum absolute atomic E-state index is 12.6. The highest BCUT2D eigenvalue weighted by molar-refractivity contribution is 8.01. The largest absolute Gasteiger partial charge is 0.476 e. The van der Waals surface area contributed by atoms with Crippen LogP contribution < -0.4 is 5.73 Å². The number of aromatic nitrogens is 1. The van der Waals surface area contributed by atoms with E-state index in [1.54, 1.807) is 0 Å². The van der Waals surface area contributed by atoms with Crippen LogP contribution >= 0.6 is 34.7 Å². The fourth-order valence-corrected chi connectivity index (χ4v) is 6.14. The summed E-state index contributed by atoms with van der Waals surface area (Å²) in [4.78, 5) is 29.5. The first-order valence-corrected chi connectivity index (χ1v) is 12.3. The van der Waals surface area contributed by atoms with Gasteiger partial charge in [0.1, 0.15) is 0 Å². The maximum Gasteiger partial charge on any atom is 0.355 e. The Bertz CT molecular complexity index is 934. The predicted octanol–water partition coefficient (Wildman–Crippen LogP) is 4.40. The highest BCUT2D eigenvalue weighted by Crippen LogP contribution is 2.35. The lowest BCUT2D eigenvalue weighted by molar-refractivity contribution is -0.128. The molecule has 0 saturated carbocycles. The third kappa shape index (κ3) is 4.82. The van der Waals surface area contributed by atoms with E-state index in [-0.39, 0.29) is 23.7 Å². The number of hydrogen-bond acceptors (Lipinski definition) is 6. The molecule has 1 aromatic carbocycles. The first kappa shape index (κ1) is 23.1. The van der Waals surface area contributed by atoms with E-state index in [0.29, 0.717) is 23.1 Å². The summed E-state index contributed by atoms with van der Waals surface area (Å²) >= 11 is 9.23. The van der Waals surface area contributed by atoms with Gasteiger partial charge in [-0.3, -0.25) is 4.79 Å². The molecule has 1 saturated heterocycles. The Morgan fingerprint density at radius 2 is 2.20 bits per heavy atom. The number of hydrogen-bond donors (Lipinski definition) is 2. The third-order valence-corrected chi connectivity index (χ3v) is 7.86. The smallest absolute Gasteiger partial charge is 0.355 e. The summed E-state index contributed by atoms with van der Waals surface area (Å²) in [7, 11) is 0. The van der Waals surface area contributed by atoms with Crippen molar-refractivity contribution in [2.24, 2.45) is 5.73 Å². The molecule has 2 heterocycles. The lowest BCUT2D eigenvalue weighted by Gasteiger charge is -2.32. The molecule has 6 nitrogen and oxygen atoms in total. The second kappa shape index (κ2) is 10.1. The Hall–Kier alpha value is -1.61. The van der Waals surface area contributed by atoms with E-state index in [9.17, 15) is 9.59 Å². The van der Waals surface area contributed by atoms with Gasteiger partial charge in [-0.15, -0.1) is 11.3 Å². The number of aryl methyl sites for hydroxylation is 1. The number of carboxylic acids is 1. The molecule has 2 aromatic rings. The first-order valence-electron chi connectivity index (χ1n) is 10.0. The summed E-state index contributed by atoms with van der Waals surface area (Å²) in [5.74, 6) is -0.281. The highest BCUT2D eigenvalue weighted by atomic mass is 35.5. The molecule has 0 bridgehead atoms. The topological polar surface area (TPSA) is 96.5 Å². The minimum absolute atomic E-state index is 0.0554. The van der Waals surface area contributed by atoms with Gasteiger partial charge < -0.3 is 15.7 Å². The third-order valence-electron chi connectivity index (χ3n) is 5.51. The van der Waals surface area contributed by atoms with Crippen molar-refractivity contribution in [2.75, 3.05) is 12.3 Å². The van der Waals surface area contributed by atoms with Crippen LogP contribution in [0.2, 0.25) is 5.02 Å². The predicted molar refractivity (Wildman–Crippen MR) is 122 cm³/mol. The molecule has 1 fully saturated rings. The molecule has 1 aliphatic rings. The van der Waals surface area contributed by atoms with Gasteiger partial charge in [0.25, 0.3) is 0 Å². The fourth-order valence-electron chi connectivity index (χ4n) is 4.03. The van der Waals surface area contributed by atoms with Gasteiger partial charge in [-0.25, -0.2) is 9.78 Å². The number of amides is 1. The molecule has 30 heavy (non-hydrogen) atoms. The number of aromatic carboxylic acids is 1. The van der Waals surface area contributed by atoms with Crippen LogP contribution in [-0.4, -0.2) is 45.2 Å². The molecule has 162 valence electrons. The van der Waals surface area contributed by atoms with E-state index in [1.807, 2.05) is 17.0 Å². The summed E-state index contributed by atoms with van der Waals surface area (Å²) in [6, 6.07) is 3.61. The minimum atomic E-state index is -1.03. The standard InChI is InChI=1S/C21H26ClN3O3S2/c1-3-12-5-6-14(22)13(4-2)18(12)19(23)16-7-8-17(26)25(16)9-10-29-21-24-15(11-30-21)20(27)28/h5-6,11,16,19H,3-4,7-10,23H2,1-2H3,(H,27,28)/t16-,19?/m1/s1. The van der Waals surface area contributed by atoms with E-state index in [2.05, 4.69) is 18.8 Å². The second-order valence-corrected chi connectivity index (χ2v) is 9.78. The van der Waals surface area contributed by atoms with Crippen molar-refractivity contribution in [1.29, 1.82) is 0 Å². The lowest BCUT2D eigenvalue weighted by atomic mass is 9.88. The number of thiazole rings is 1. The number of carboxylic acid groups (broad SMARTS) is 1. The number of carbonyl (C=O) groups excluding carboxylic acids is 1. The number of nitrogens with zero attached hydrogens (tertiary/aromatic N) is 2. The monoisotopic (exact) mass is 467 g/mol. The van der Waals surface area contributed by atoms with Crippen LogP contribution in [0.15, 0.2) is 21.9 Å². The van der Waals surface area contributed by atoms with Crippen LogP contribution in [0.1, 0.15) is 59.9 Å². The molecule has 1 aliphatic heterocycles. The zero-order valence-corrected chi connectivity index (χ0v) is 19.4. The van der Waals surface area contributed by atoms with Crippen molar-refractivity contribution < 1.29 is 14.7 Å². The maximum atomic E-state index is 12.6. The fraction of sp³-hybridized carbons (Fsp3) is 0.476. The van der Waals surface area contributed by atoms with Gasteiger partial charge >= 0.3 is 5.97 Å². The van der Waals surface area contributed by atoms with Gasteiger partial charge in [0.05, 0.1) is 12.1 Å². The van der Waals surface area contributed by atoms with E-state index in [4.69, 9.17) is 22.4 Å². The first-order chi connectivity index (χ1) is 14.4. The number of nitrogens with two attached hydrogens (primary N) is 1. The summed E-state index contributed by atoms with van der Waals surface area (Å²) in [6.45, 7) is 4.73. The van der Waals surface area contributed by atoms with Gasteiger partial charge in [0.2, 0.25) is 5.91 Å². The lowest BCUT2D eigenvalue weighted by Crippen LogP contribution is -2.42. The molecule has 1 unspecified atom stereocenters. The summed E-state index contributed by atoms with van der Waals surface area (Å²) in [6.07, 6.45) is 2.87. The molecule has 3 rings (SSSR count). The van der Waals surface area contributed by atoms with E-state index >= 15 is 0 Å². The average Bonchev–Trinajstić information content (AvgIpc) is 3.34. The van der Waals surface area contributed by atoms with Crippen LogP contribution in [0.5, 0.6) is 0 Å². The van der Waals surface area contributed by atoms with Crippen molar-refractivity contribution in [1.82, 2.24) is 9.88 Å². The van der Waals surface area contributed by atoms with Crippen LogP contribution in [0.25, 0.3) is 0 Å². The quantitative estimate of drug-likeness (QED) is 0.530. The number of carbonyl (C=O) groups is 2. The van der Waals surface area contributed by atoms with Crippen LogP contribution in [-0.2, 0) is 17.6 Å². The Balaban J connectivity index is 1.74. The van der Waals surface area contributed by atoms with Crippen molar-refractivity contribution in [3.63, 3.8) is 0 Å². The Labute approximate surface area is 189 Å². The summed E-state index contributed by atoms with van der Waals surface area (Å²) in [5, 5.41) is 11.3. The normalized spacial score (nSPS) is 17.5. The van der Waals surface area contributed by atoms with Gasteiger partial charge in [-0.2, -0.15) is 0 Å². The molecular weight excluding hydrogens is 442 g/mol. The van der Waals surface area contributed by atoms with Crippen LogP contribution in [0, 0.1) is 0 Å². The molecule has 0 aliphatic carbocycles. The molecule has 1 aromatic heterocycles. The van der Waals surface area contributed by atoms with Gasteiger partial charge in [0, 0.05) is 29.1 Å². The average molecular weight is 468 g/mol.